The SMILES string of the molecule is CNCC1(c2ccc(OC)c(O)c2)CC1. The Kier molecular flexibility index (Phi) is 2.57. The van der Waals surface area contributed by atoms with Crippen molar-refractivity contribution in [2.24, 2.45) is 0 Å². The van der Waals surface area contributed by atoms with Gasteiger partial charge in [-0.15, -0.1) is 0 Å². The van der Waals surface area contributed by atoms with Crippen LogP contribution in [0.15, 0.2) is 18.2 Å². The molecule has 0 atom stereocenters. The van der Waals surface area contributed by atoms with Crippen molar-refractivity contribution in [2.45, 2.75) is 18.3 Å². The maximum Gasteiger partial charge on any atom is 0.160 e. The Morgan fingerprint density at radius 2 is 2.20 bits per heavy atom. The van der Waals surface area contributed by atoms with Gasteiger partial charge >= 0.3 is 0 Å². The summed E-state index contributed by atoms with van der Waals surface area (Å²) in [6.45, 7) is 0.971. The molecule has 2 N–H and O–H groups in total. The van der Waals surface area contributed by atoms with E-state index in [9.17, 15) is 5.11 Å². The van der Waals surface area contributed by atoms with Crippen LogP contribution >= 0.6 is 0 Å². The zero-order valence-corrected chi connectivity index (χ0v) is 9.21. The van der Waals surface area contributed by atoms with E-state index in [-0.39, 0.29) is 11.2 Å². The normalized spacial score (nSPS) is 17.5. The van der Waals surface area contributed by atoms with Gasteiger partial charge < -0.3 is 15.2 Å². The van der Waals surface area contributed by atoms with Crippen LogP contribution in [0.1, 0.15) is 18.4 Å². The summed E-state index contributed by atoms with van der Waals surface area (Å²) >= 11 is 0. The van der Waals surface area contributed by atoms with Crippen LogP contribution in [0.2, 0.25) is 0 Å². The molecule has 0 radical (unpaired) electrons. The van der Waals surface area contributed by atoms with Crippen LogP contribution in [0, 0.1) is 0 Å². The lowest BCUT2D eigenvalue weighted by molar-refractivity contribution is 0.372. The van der Waals surface area contributed by atoms with E-state index in [1.165, 1.54) is 18.4 Å². The molecule has 0 aromatic heterocycles. The van der Waals surface area contributed by atoms with Crippen LogP contribution in [-0.2, 0) is 5.41 Å². The predicted molar refractivity (Wildman–Crippen MR) is 59.5 cm³/mol. The van der Waals surface area contributed by atoms with Crippen LogP contribution in [-0.4, -0.2) is 25.8 Å². The number of phenolic OH excluding ortho intramolecular Hbond substituents is 1. The molecule has 2 rings (SSSR count). The zero-order chi connectivity index (χ0) is 10.9. The second-order valence-electron chi connectivity index (χ2n) is 4.20. The van der Waals surface area contributed by atoms with E-state index in [0.717, 1.165) is 6.54 Å². The number of methoxy groups -OCH3 is 1. The second kappa shape index (κ2) is 3.74. The molecule has 0 spiro atoms. The number of hydrogen-bond acceptors (Lipinski definition) is 3. The summed E-state index contributed by atoms with van der Waals surface area (Å²) < 4.78 is 5.03. The summed E-state index contributed by atoms with van der Waals surface area (Å²) in [7, 11) is 3.53. The Hall–Kier alpha value is -1.22. The summed E-state index contributed by atoms with van der Waals surface area (Å²) in [6, 6.07) is 5.70. The van der Waals surface area contributed by atoms with Gasteiger partial charge in [0.15, 0.2) is 11.5 Å². The van der Waals surface area contributed by atoms with Crippen molar-refractivity contribution in [3.63, 3.8) is 0 Å². The van der Waals surface area contributed by atoms with Crippen molar-refractivity contribution >= 4 is 0 Å². The van der Waals surface area contributed by atoms with Crippen molar-refractivity contribution in [3.05, 3.63) is 23.8 Å². The molecule has 0 aliphatic heterocycles. The highest BCUT2D eigenvalue weighted by Crippen LogP contribution is 2.49. The van der Waals surface area contributed by atoms with Gasteiger partial charge in [-0.1, -0.05) is 6.07 Å². The largest absolute Gasteiger partial charge is 0.504 e. The molecule has 3 nitrogen and oxygen atoms in total. The molecule has 1 aromatic carbocycles. The Bertz CT molecular complexity index is 359. The summed E-state index contributed by atoms with van der Waals surface area (Å²) in [5.74, 6) is 0.774. The van der Waals surface area contributed by atoms with Crippen LogP contribution in [0.3, 0.4) is 0 Å². The van der Waals surface area contributed by atoms with Crippen molar-refractivity contribution < 1.29 is 9.84 Å². The fraction of sp³-hybridized carbons (Fsp3) is 0.500. The third-order valence-corrected chi connectivity index (χ3v) is 3.16. The average Bonchev–Trinajstić information content (AvgIpc) is 2.99. The van der Waals surface area contributed by atoms with E-state index in [4.69, 9.17) is 4.74 Å². The van der Waals surface area contributed by atoms with Gasteiger partial charge in [0, 0.05) is 12.0 Å². The third kappa shape index (κ3) is 1.79. The second-order valence-corrected chi connectivity index (χ2v) is 4.20. The van der Waals surface area contributed by atoms with Gasteiger partial charge in [0.1, 0.15) is 0 Å². The molecule has 1 saturated carbocycles. The standard InChI is InChI=1S/C12H17NO2/c1-13-8-12(5-6-12)9-3-4-11(15-2)10(14)7-9/h3-4,7,13-14H,5-6,8H2,1-2H3. The van der Waals surface area contributed by atoms with E-state index in [0.29, 0.717) is 5.75 Å². The number of likely N-dealkylation sites (N-methyl/N-ethyl adjacent to an activating group) is 1. The van der Waals surface area contributed by atoms with Crippen molar-refractivity contribution in [3.8, 4) is 11.5 Å². The van der Waals surface area contributed by atoms with E-state index >= 15 is 0 Å². The first kappa shape index (κ1) is 10.3. The summed E-state index contributed by atoms with van der Waals surface area (Å²) in [5, 5.41) is 12.9. The number of hydrogen-bond donors (Lipinski definition) is 2. The molecule has 0 amide bonds. The molecule has 1 aliphatic carbocycles. The van der Waals surface area contributed by atoms with Gasteiger partial charge in [-0.25, -0.2) is 0 Å². The molecule has 1 fully saturated rings. The van der Waals surface area contributed by atoms with Gasteiger partial charge in [-0.3, -0.25) is 0 Å². The fourth-order valence-electron chi connectivity index (χ4n) is 2.08. The molecular weight excluding hydrogens is 190 g/mol. The molecule has 15 heavy (non-hydrogen) atoms. The number of aromatic hydroxyl groups is 1. The number of ether oxygens (including phenoxy) is 1. The quantitative estimate of drug-likeness (QED) is 0.788. The van der Waals surface area contributed by atoms with Crippen molar-refractivity contribution in [2.75, 3.05) is 20.7 Å². The number of nitrogens with one attached hydrogen (secondary N) is 1. The number of benzene rings is 1. The highest BCUT2D eigenvalue weighted by Gasteiger charge is 2.43. The van der Waals surface area contributed by atoms with E-state index < -0.39 is 0 Å². The number of phenols is 1. The Morgan fingerprint density at radius 1 is 1.47 bits per heavy atom. The minimum atomic E-state index is 0.234. The predicted octanol–water partition coefficient (Wildman–Crippen LogP) is 1.65. The van der Waals surface area contributed by atoms with Crippen LogP contribution in [0.25, 0.3) is 0 Å². The lowest BCUT2D eigenvalue weighted by Gasteiger charge is -2.16. The molecule has 0 saturated heterocycles. The summed E-state index contributed by atoms with van der Waals surface area (Å²) in [4.78, 5) is 0. The molecule has 1 aromatic rings. The third-order valence-electron chi connectivity index (χ3n) is 3.16. The van der Waals surface area contributed by atoms with Crippen LogP contribution in [0.5, 0.6) is 11.5 Å². The lowest BCUT2D eigenvalue weighted by atomic mass is 9.95. The molecule has 3 heteroatoms. The fourth-order valence-corrected chi connectivity index (χ4v) is 2.08. The molecule has 82 valence electrons. The van der Waals surface area contributed by atoms with Crippen molar-refractivity contribution in [1.82, 2.24) is 5.32 Å². The maximum atomic E-state index is 9.71. The Labute approximate surface area is 90.1 Å². The highest BCUT2D eigenvalue weighted by molar-refractivity contribution is 5.46. The van der Waals surface area contributed by atoms with Crippen molar-refractivity contribution in [1.29, 1.82) is 0 Å². The van der Waals surface area contributed by atoms with E-state index in [1.807, 2.05) is 25.2 Å². The molecule has 0 bridgehead atoms. The molecule has 1 aliphatic rings. The first-order chi connectivity index (χ1) is 7.22. The monoisotopic (exact) mass is 207 g/mol. The van der Waals surface area contributed by atoms with Gasteiger partial charge in [-0.2, -0.15) is 0 Å². The van der Waals surface area contributed by atoms with Crippen LogP contribution < -0.4 is 10.1 Å². The molecule has 0 heterocycles. The first-order valence-corrected chi connectivity index (χ1v) is 5.24. The average molecular weight is 207 g/mol. The van der Waals surface area contributed by atoms with Gasteiger partial charge in [0.25, 0.3) is 0 Å². The summed E-state index contributed by atoms with van der Waals surface area (Å²) in [5.41, 5.74) is 1.45. The number of rotatable bonds is 4. The Balaban J connectivity index is 2.26. The maximum absolute atomic E-state index is 9.71. The lowest BCUT2D eigenvalue weighted by Crippen LogP contribution is -2.23. The topological polar surface area (TPSA) is 41.5 Å². The summed E-state index contributed by atoms with van der Waals surface area (Å²) in [6.07, 6.45) is 2.39. The van der Waals surface area contributed by atoms with E-state index in [2.05, 4.69) is 5.32 Å². The van der Waals surface area contributed by atoms with Gasteiger partial charge in [-0.05, 0) is 37.6 Å². The molecule has 0 unspecified atom stereocenters. The minimum absolute atomic E-state index is 0.234. The first-order valence-electron chi connectivity index (χ1n) is 5.24. The smallest absolute Gasteiger partial charge is 0.160 e. The Morgan fingerprint density at radius 3 is 2.67 bits per heavy atom. The van der Waals surface area contributed by atoms with Crippen LogP contribution in [0.4, 0.5) is 0 Å². The van der Waals surface area contributed by atoms with Gasteiger partial charge in [0.2, 0.25) is 0 Å². The highest BCUT2D eigenvalue weighted by atomic mass is 16.5. The molecular formula is C12H17NO2. The van der Waals surface area contributed by atoms with Gasteiger partial charge in [0.05, 0.1) is 7.11 Å². The van der Waals surface area contributed by atoms with E-state index in [1.54, 1.807) is 7.11 Å². The minimum Gasteiger partial charge on any atom is -0.504 e. The zero-order valence-electron chi connectivity index (χ0n) is 9.21.